The minimum atomic E-state index is -0.0142. The average molecular weight is 186 g/mol. The third-order valence-corrected chi connectivity index (χ3v) is 2.14. The summed E-state index contributed by atoms with van der Waals surface area (Å²) < 4.78 is 4.65. The molecule has 0 spiro atoms. The maximum Gasteiger partial charge on any atom is 0.373 e. The molecule has 0 aromatic heterocycles. The van der Waals surface area contributed by atoms with Gasteiger partial charge in [-0.25, -0.2) is 0 Å². The summed E-state index contributed by atoms with van der Waals surface area (Å²) in [5, 5.41) is 0. The molecule has 1 saturated carbocycles. The van der Waals surface area contributed by atoms with Crippen LogP contribution in [0.3, 0.4) is 0 Å². The fourth-order valence-electron chi connectivity index (χ4n) is 1.50. The number of rotatable bonds is 1. The first-order valence-electron chi connectivity index (χ1n) is 4.33. The average Bonchev–Trinajstić information content (AvgIpc) is 2.19. The lowest BCUT2D eigenvalue weighted by atomic mass is 9.89. The van der Waals surface area contributed by atoms with E-state index in [2.05, 4.69) is 4.74 Å². The Morgan fingerprint density at radius 1 is 1.23 bits per heavy atom. The largest absolute Gasteiger partial charge is 0.469 e. The Morgan fingerprint density at radius 2 is 1.69 bits per heavy atom. The van der Waals surface area contributed by atoms with Crippen LogP contribution in [0.4, 0.5) is 0 Å². The molecule has 1 aliphatic carbocycles. The number of methoxy groups -OCH3 is 1. The smallest absolute Gasteiger partial charge is 0.373 e. The predicted molar refractivity (Wildman–Crippen MR) is 43.6 cm³/mol. The normalized spacial score (nSPS) is 16.4. The predicted octanol–water partition coefficient (Wildman–Crippen LogP) is 1.16. The monoisotopic (exact) mass is 186 g/mol. The summed E-state index contributed by atoms with van der Waals surface area (Å²) in [4.78, 5) is 27.2. The quantitative estimate of drug-likeness (QED) is 0.576. The van der Waals surface area contributed by atoms with Crippen molar-refractivity contribution in [1.29, 1.82) is 0 Å². The van der Waals surface area contributed by atoms with Gasteiger partial charge < -0.3 is 4.74 Å². The lowest BCUT2D eigenvalue weighted by molar-refractivity contribution is -0.191. The third-order valence-electron chi connectivity index (χ3n) is 2.14. The maximum atomic E-state index is 10.9. The van der Waals surface area contributed by atoms with Crippen LogP contribution in [0.25, 0.3) is 0 Å². The van der Waals surface area contributed by atoms with Gasteiger partial charge in [-0.15, -0.1) is 0 Å². The first-order chi connectivity index (χ1) is 6.26. The molecular weight excluding hydrogens is 172 g/mol. The molecule has 0 N–H and O–H groups in total. The van der Waals surface area contributed by atoms with Crippen molar-refractivity contribution in [2.75, 3.05) is 7.11 Å². The molecule has 74 valence electrons. The van der Waals surface area contributed by atoms with Gasteiger partial charge in [0.25, 0.3) is 0 Å². The van der Waals surface area contributed by atoms with Gasteiger partial charge in [-0.1, -0.05) is 19.3 Å². The number of carbonyl (C=O) groups is 1. The summed E-state index contributed by atoms with van der Waals surface area (Å²) in [6, 6.07) is 0. The number of ether oxygens (including phenoxy) is 1. The van der Waals surface area contributed by atoms with Crippen LogP contribution in [-0.4, -0.2) is 19.2 Å². The number of esters is 1. The fourth-order valence-corrected chi connectivity index (χ4v) is 1.50. The maximum absolute atomic E-state index is 10.9. The molecule has 0 aliphatic heterocycles. The number of carbonyl (C=O) groups excluding carboxylic acids is 3. The van der Waals surface area contributed by atoms with Crippen LogP contribution in [-0.2, 0) is 19.1 Å². The highest BCUT2D eigenvalue weighted by Gasteiger charge is 2.20. The molecular formula is C9H14O4. The standard InChI is InChI=1S/C8H14O2.CO2/c1-10-8(9)7-5-3-2-4-6-7;2-1-3/h7H,2-6H2,1H3;. The zero-order valence-electron chi connectivity index (χ0n) is 7.75. The van der Waals surface area contributed by atoms with Crippen LogP contribution in [0.1, 0.15) is 32.1 Å². The van der Waals surface area contributed by atoms with Crippen LogP contribution >= 0.6 is 0 Å². The molecule has 0 atom stereocenters. The minimum absolute atomic E-state index is 0.0142. The Hall–Kier alpha value is -1.15. The van der Waals surface area contributed by atoms with E-state index in [4.69, 9.17) is 9.59 Å². The van der Waals surface area contributed by atoms with Gasteiger partial charge in [0.1, 0.15) is 0 Å². The Bertz CT molecular complexity index is 176. The first-order valence-corrected chi connectivity index (χ1v) is 4.33. The second-order valence-electron chi connectivity index (χ2n) is 2.94. The Labute approximate surface area is 77.3 Å². The van der Waals surface area contributed by atoms with Gasteiger partial charge in [-0.05, 0) is 12.8 Å². The summed E-state index contributed by atoms with van der Waals surface area (Å²) in [6.07, 6.45) is 5.99. The van der Waals surface area contributed by atoms with Gasteiger partial charge in [0.05, 0.1) is 13.0 Å². The van der Waals surface area contributed by atoms with Crippen LogP contribution in [0.15, 0.2) is 0 Å². The van der Waals surface area contributed by atoms with E-state index in [1.165, 1.54) is 26.4 Å². The lowest BCUT2D eigenvalue weighted by Crippen LogP contribution is -2.18. The van der Waals surface area contributed by atoms with Gasteiger partial charge in [0, 0.05) is 0 Å². The van der Waals surface area contributed by atoms with Crippen LogP contribution in [0.5, 0.6) is 0 Å². The molecule has 0 bridgehead atoms. The molecule has 0 aromatic carbocycles. The Kier molecular flexibility index (Phi) is 6.83. The van der Waals surface area contributed by atoms with Crippen molar-refractivity contribution in [3.63, 3.8) is 0 Å². The Balaban J connectivity index is 0.000000424. The lowest BCUT2D eigenvalue weighted by Gasteiger charge is -2.18. The van der Waals surface area contributed by atoms with E-state index in [9.17, 15) is 4.79 Å². The van der Waals surface area contributed by atoms with Crippen LogP contribution in [0, 0.1) is 5.92 Å². The molecule has 0 heterocycles. The SMILES string of the molecule is COC(=O)C1CCCCC1.O=C=O. The van der Waals surface area contributed by atoms with Crippen molar-refractivity contribution in [2.45, 2.75) is 32.1 Å². The summed E-state index contributed by atoms with van der Waals surface area (Å²) in [7, 11) is 1.47. The zero-order chi connectivity index (χ0) is 10.1. The first kappa shape index (κ1) is 11.8. The molecule has 0 amide bonds. The number of hydrogen-bond acceptors (Lipinski definition) is 4. The molecule has 1 fully saturated rings. The number of hydrogen-bond donors (Lipinski definition) is 0. The van der Waals surface area contributed by atoms with Gasteiger partial charge in [-0.2, -0.15) is 9.59 Å². The topological polar surface area (TPSA) is 60.4 Å². The van der Waals surface area contributed by atoms with Gasteiger partial charge >= 0.3 is 12.1 Å². The van der Waals surface area contributed by atoms with Crippen molar-refractivity contribution < 1.29 is 19.1 Å². The summed E-state index contributed by atoms with van der Waals surface area (Å²) in [5.41, 5.74) is 0. The molecule has 1 rings (SSSR count). The molecule has 4 nitrogen and oxygen atoms in total. The molecule has 0 aromatic rings. The molecule has 0 unspecified atom stereocenters. The highest BCUT2D eigenvalue weighted by molar-refractivity contribution is 5.72. The molecule has 0 saturated heterocycles. The zero-order valence-corrected chi connectivity index (χ0v) is 7.75. The Morgan fingerprint density at radius 3 is 2.08 bits per heavy atom. The van der Waals surface area contributed by atoms with E-state index in [0.29, 0.717) is 0 Å². The molecule has 13 heavy (non-hydrogen) atoms. The van der Waals surface area contributed by atoms with E-state index < -0.39 is 0 Å². The van der Waals surface area contributed by atoms with E-state index in [-0.39, 0.29) is 18.0 Å². The van der Waals surface area contributed by atoms with Gasteiger partial charge in [0.2, 0.25) is 0 Å². The van der Waals surface area contributed by atoms with Crippen LogP contribution < -0.4 is 0 Å². The van der Waals surface area contributed by atoms with E-state index in [1.54, 1.807) is 0 Å². The second-order valence-corrected chi connectivity index (χ2v) is 2.94. The van der Waals surface area contributed by atoms with Crippen molar-refractivity contribution in [3.05, 3.63) is 0 Å². The van der Waals surface area contributed by atoms with Crippen LogP contribution in [0.2, 0.25) is 0 Å². The van der Waals surface area contributed by atoms with Gasteiger partial charge in [0.15, 0.2) is 0 Å². The highest BCUT2D eigenvalue weighted by atomic mass is 16.5. The second kappa shape index (κ2) is 7.50. The summed E-state index contributed by atoms with van der Waals surface area (Å²) >= 11 is 0. The van der Waals surface area contributed by atoms with Crippen molar-refractivity contribution in [3.8, 4) is 0 Å². The van der Waals surface area contributed by atoms with E-state index in [0.717, 1.165) is 12.8 Å². The van der Waals surface area contributed by atoms with Gasteiger partial charge in [-0.3, -0.25) is 4.79 Å². The molecule has 1 aliphatic rings. The summed E-state index contributed by atoms with van der Waals surface area (Å²) in [5.74, 6) is 0.193. The third kappa shape index (κ3) is 5.15. The van der Waals surface area contributed by atoms with Crippen molar-refractivity contribution >= 4 is 12.1 Å². The summed E-state index contributed by atoms with van der Waals surface area (Å²) in [6.45, 7) is 0. The highest BCUT2D eigenvalue weighted by Crippen LogP contribution is 2.24. The molecule has 4 heteroatoms. The fraction of sp³-hybridized carbons (Fsp3) is 0.778. The van der Waals surface area contributed by atoms with E-state index in [1.807, 2.05) is 0 Å². The van der Waals surface area contributed by atoms with E-state index >= 15 is 0 Å². The minimum Gasteiger partial charge on any atom is -0.469 e. The molecule has 0 radical (unpaired) electrons. The van der Waals surface area contributed by atoms with Crippen molar-refractivity contribution in [1.82, 2.24) is 0 Å². The van der Waals surface area contributed by atoms with Crippen molar-refractivity contribution in [2.24, 2.45) is 5.92 Å².